The van der Waals surface area contributed by atoms with Gasteiger partial charge in [-0.3, -0.25) is 9.36 Å². The number of aromatic nitrogens is 3. The Kier molecular flexibility index (Phi) is 5.38. The van der Waals surface area contributed by atoms with Crippen LogP contribution in [0.3, 0.4) is 0 Å². The lowest BCUT2D eigenvalue weighted by molar-refractivity contribution is 0.530. The van der Waals surface area contributed by atoms with Crippen molar-refractivity contribution in [2.75, 3.05) is 0 Å². The Morgan fingerprint density at radius 1 is 1.30 bits per heavy atom. The van der Waals surface area contributed by atoms with Crippen molar-refractivity contribution in [1.82, 2.24) is 19.3 Å². The zero-order valence-electron chi connectivity index (χ0n) is 17.1. The minimum Gasteiger partial charge on any atom is -0.598 e. The third kappa shape index (κ3) is 3.73. The molecule has 1 N–H and O–H groups in total. The predicted molar refractivity (Wildman–Crippen MR) is 117 cm³/mol. The summed E-state index contributed by atoms with van der Waals surface area (Å²) in [5.41, 5.74) is 2.08. The van der Waals surface area contributed by atoms with Crippen LogP contribution in [0.1, 0.15) is 45.0 Å². The van der Waals surface area contributed by atoms with Crippen LogP contribution in [0.2, 0.25) is 5.15 Å². The first-order valence-corrected chi connectivity index (χ1v) is 11.2. The van der Waals surface area contributed by atoms with Gasteiger partial charge in [0.25, 0.3) is 5.56 Å². The molecule has 1 aromatic carbocycles. The van der Waals surface area contributed by atoms with E-state index in [1.807, 2.05) is 20.8 Å². The summed E-state index contributed by atoms with van der Waals surface area (Å²) in [6.07, 6.45) is 0.542. The van der Waals surface area contributed by atoms with Crippen molar-refractivity contribution < 1.29 is 8.94 Å². The number of halogens is 2. The van der Waals surface area contributed by atoms with E-state index in [2.05, 4.69) is 9.71 Å². The summed E-state index contributed by atoms with van der Waals surface area (Å²) in [5.74, 6) is -0.0493. The number of hydrogen-bond donors (Lipinski definition) is 1. The van der Waals surface area contributed by atoms with E-state index in [1.165, 1.54) is 12.1 Å². The standard InChI is InChI=1S/C21H22ClFN4O2S/c1-11(26-30(29)21(2,3)4)14-9-12(23)10-15-18(14)25-19-13-5-6-17(22)24-16(13)7-8-27(19)20(15)28/h5-6,9-11,26H,7-8H2,1-4H3/t11-,30-/m1/s1. The van der Waals surface area contributed by atoms with E-state index >= 15 is 0 Å². The van der Waals surface area contributed by atoms with Gasteiger partial charge in [-0.1, -0.05) is 11.6 Å². The Hall–Kier alpha value is -2.00. The van der Waals surface area contributed by atoms with Gasteiger partial charge in [0.15, 0.2) is 0 Å². The van der Waals surface area contributed by atoms with E-state index in [0.717, 1.165) is 11.3 Å². The first-order chi connectivity index (χ1) is 14.1. The molecule has 0 saturated heterocycles. The number of benzene rings is 1. The lowest BCUT2D eigenvalue weighted by Crippen LogP contribution is -2.40. The van der Waals surface area contributed by atoms with E-state index in [1.54, 1.807) is 23.6 Å². The molecule has 0 fully saturated rings. The second-order valence-corrected chi connectivity index (χ2v) is 10.8. The van der Waals surface area contributed by atoms with Crippen LogP contribution >= 0.6 is 11.6 Å². The number of fused-ring (bicyclic) bond motifs is 4. The first-order valence-electron chi connectivity index (χ1n) is 9.64. The van der Waals surface area contributed by atoms with E-state index in [4.69, 9.17) is 16.6 Å². The molecule has 1 aliphatic heterocycles. The fraction of sp³-hybridized carbons (Fsp3) is 0.381. The van der Waals surface area contributed by atoms with E-state index in [-0.39, 0.29) is 10.9 Å². The summed E-state index contributed by atoms with van der Waals surface area (Å²) in [4.78, 5) is 22.3. The van der Waals surface area contributed by atoms with E-state index in [0.29, 0.717) is 35.0 Å². The number of nitrogens with zero attached hydrogens (tertiary/aromatic N) is 3. The van der Waals surface area contributed by atoms with Gasteiger partial charge < -0.3 is 4.55 Å². The van der Waals surface area contributed by atoms with Crippen LogP contribution in [0.15, 0.2) is 29.1 Å². The van der Waals surface area contributed by atoms with E-state index < -0.39 is 28.0 Å². The Morgan fingerprint density at radius 2 is 2.03 bits per heavy atom. The Labute approximate surface area is 181 Å². The molecular weight excluding hydrogens is 427 g/mol. The molecule has 3 aromatic rings. The Morgan fingerprint density at radius 3 is 2.73 bits per heavy atom. The third-order valence-corrected chi connectivity index (χ3v) is 7.00. The van der Waals surface area contributed by atoms with Crippen LogP contribution < -0.4 is 10.3 Å². The van der Waals surface area contributed by atoms with Gasteiger partial charge in [-0.2, -0.15) is 0 Å². The summed E-state index contributed by atoms with van der Waals surface area (Å²) < 4.78 is 31.1. The average Bonchev–Trinajstić information content (AvgIpc) is 2.67. The van der Waals surface area contributed by atoms with E-state index in [9.17, 15) is 13.7 Å². The molecule has 1 aliphatic rings. The highest BCUT2D eigenvalue weighted by molar-refractivity contribution is 7.90. The smallest absolute Gasteiger partial charge is 0.261 e. The van der Waals surface area contributed by atoms with Crippen molar-refractivity contribution in [2.24, 2.45) is 0 Å². The quantitative estimate of drug-likeness (QED) is 0.485. The summed E-state index contributed by atoms with van der Waals surface area (Å²) in [6, 6.07) is 5.53. The second-order valence-electron chi connectivity index (χ2n) is 8.38. The fourth-order valence-electron chi connectivity index (χ4n) is 3.55. The normalized spacial score (nSPS) is 15.6. The monoisotopic (exact) mass is 448 g/mol. The number of pyridine rings is 1. The van der Waals surface area contributed by atoms with Gasteiger partial charge in [0, 0.05) is 35.5 Å². The van der Waals surface area contributed by atoms with Crippen LogP contribution in [0.25, 0.3) is 22.3 Å². The molecule has 2 aromatic heterocycles. The SMILES string of the molecule is C[C@@H](N[S@+]([O-])C(C)(C)C)c1cc(F)cc2c(=O)n3c(nc12)-c1ccc(Cl)nc1CC3. The number of nitrogens with one attached hydrogen (secondary N) is 1. The third-order valence-electron chi connectivity index (χ3n) is 5.11. The fourth-order valence-corrected chi connectivity index (χ4v) is 4.51. The zero-order valence-corrected chi connectivity index (χ0v) is 18.7. The lowest BCUT2D eigenvalue weighted by Gasteiger charge is -2.27. The van der Waals surface area contributed by atoms with Crippen LogP contribution in [0, 0.1) is 5.82 Å². The molecule has 0 unspecified atom stereocenters. The van der Waals surface area contributed by atoms with Gasteiger partial charge in [0.2, 0.25) is 0 Å². The molecule has 0 radical (unpaired) electrons. The number of aryl methyl sites for hydroxylation is 1. The summed E-state index contributed by atoms with van der Waals surface area (Å²) >= 11 is 4.65. The minimum atomic E-state index is -1.37. The minimum absolute atomic E-state index is 0.203. The van der Waals surface area contributed by atoms with Crippen molar-refractivity contribution in [3.63, 3.8) is 0 Å². The highest BCUT2D eigenvalue weighted by Crippen LogP contribution is 2.31. The van der Waals surface area contributed by atoms with Gasteiger partial charge in [0.05, 0.1) is 22.6 Å². The predicted octanol–water partition coefficient (Wildman–Crippen LogP) is 3.92. The lowest BCUT2D eigenvalue weighted by atomic mass is 10.0. The highest BCUT2D eigenvalue weighted by Gasteiger charge is 2.30. The van der Waals surface area contributed by atoms with Gasteiger partial charge in [0.1, 0.15) is 21.5 Å². The van der Waals surface area contributed by atoms with Crippen molar-refractivity contribution in [3.05, 3.63) is 56.8 Å². The molecule has 30 heavy (non-hydrogen) atoms. The highest BCUT2D eigenvalue weighted by atomic mass is 35.5. The molecule has 3 heterocycles. The Bertz CT molecular complexity index is 1210. The maximum absolute atomic E-state index is 14.4. The Balaban J connectivity index is 1.91. The molecule has 0 amide bonds. The number of hydrogen-bond acceptors (Lipinski definition) is 5. The molecule has 0 bridgehead atoms. The molecule has 4 rings (SSSR count). The molecule has 0 saturated carbocycles. The molecular formula is C21H22ClFN4O2S. The molecule has 6 nitrogen and oxygen atoms in total. The maximum Gasteiger partial charge on any atom is 0.261 e. The van der Waals surface area contributed by atoms with Gasteiger partial charge in [-0.05, 0) is 52.0 Å². The van der Waals surface area contributed by atoms with Gasteiger partial charge >= 0.3 is 0 Å². The molecule has 0 aliphatic carbocycles. The zero-order chi connectivity index (χ0) is 21.8. The van der Waals surface area contributed by atoms with Crippen molar-refractivity contribution in [2.45, 2.75) is 51.4 Å². The summed E-state index contributed by atoms with van der Waals surface area (Å²) in [6.45, 7) is 7.73. The maximum atomic E-state index is 14.4. The van der Waals surface area contributed by atoms with Gasteiger partial charge in [-0.15, -0.1) is 4.72 Å². The van der Waals surface area contributed by atoms with Crippen LogP contribution in [-0.4, -0.2) is 23.8 Å². The van der Waals surface area contributed by atoms with Crippen molar-refractivity contribution in [3.8, 4) is 11.4 Å². The molecule has 2 atom stereocenters. The molecule has 0 spiro atoms. The van der Waals surface area contributed by atoms with Crippen LogP contribution in [0.4, 0.5) is 4.39 Å². The van der Waals surface area contributed by atoms with Crippen molar-refractivity contribution in [1.29, 1.82) is 0 Å². The van der Waals surface area contributed by atoms with Gasteiger partial charge in [-0.25, -0.2) is 14.4 Å². The van der Waals surface area contributed by atoms with Crippen molar-refractivity contribution >= 4 is 33.9 Å². The summed E-state index contributed by atoms with van der Waals surface area (Å²) in [5, 5.41) is 0.588. The summed E-state index contributed by atoms with van der Waals surface area (Å²) in [7, 11) is 0. The van der Waals surface area contributed by atoms with Crippen LogP contribution in [0.5, 0.6) is 0 Å². The first kappa shape index (κ1) is 21.2. The number of rotatable bonds is 3. The topological polar surface area (TPSA) is 82.9 Å². The van der Waals surface area contributed by atoms with Crippen LogP contribution in [-0.2, 0) is 24.3 Å². The largest absolute Gasteiger partial charge is 0.598 e. The molecule has 9 heteroatoms. The molecule has 158 valence electrons. The second kappa shape index (κ2) is 7.60. The average molecular weight is 449 g/mol.